The summed E-state index contributed by atoms with van der Waals surface area (Å²) in [4.78, 5) is 25.6. The highest BCUT2D eigenvalue weighted by atomic mass is 79.9. The van der Waals surface area contributed by atoms with Crippen LogP contribution >= 0.6 is 15.9 Å². The third kappa shape index (κ3) is 6.20. The second kappa shape index (κ2) is 10.4. The maximum Gasteiger partial charge on any atom is 0.268 e. The van der Waals surface area contributed by atoms with E-state index in [1.165, 1.54) is 0 Å². The van der Waals surface area contributed by atoms with Crippen molar-refractivity contribution in [3.63, 3.8) is 0 Å². The predicted octanol–water partition coefficient (Wildman–Crippen LogP) is 4.13. The molecular weight excluding hydrogens is 458 g/mol. The Hall–Kier alpha value is -3.58. The minimum absolute atomic E-state index is 0.120. The third-order valence-electron chi connectivity index (χ3n) is 4.42. The molecule has 3 aromatic carbocycles. The van der Waals surface area contributed by atoms with Gasteiger partial charge < -0.3 is 21.1 Å². The standard InChI is InChI=1S/C24H22BrN3O3/c1-31-22-11-10-16(13-20(22)25)14-21(28-23(29)18-7-3-2-4-8-18)24(30)27-15-17-6-5-9-19(26)12-17/h2-14H,15,26H2,1H3,(H,27,30)(H,28,29). The van der Waals surface area contributed by atoms with E-state index in [-0.39, 0.29) is 18.1 Å². The Kier molecular flexibility index (Phi) is 7.45. The maximum atomic E-state index is 12.9. The molecule has 0 aliphatic carbocycles. The summed E-state index contributed by atoms with van der Waals surface area (Å²) in [6.45, 7) is 0.273. The summed E-state index contributed by atoms with van der Waals surface area (Å²) in [5.41, 5.74) is 8.56. The summed E-state index contributed by atoms with van der Waals surface area (Å²) < 4.78 is 5.98. The van der Waals surface area contributed by atoms with Gasteiger partial charge >= 0.3 is 0 Å². The molecule has 0 heterocycles. The molecule has 0 saturated carbocycles. The normalized spacial score (nSPS) is 11.0. The molecule has 0 atom stereocenters. The van der Waals surface area contributed by atoms with Gasteiger partial charge in [-0.25, -0.2) is 0 Å². The van der Waals surface area contributed by atoms with Crippen molar-refractivity contribution in [3.8, 4) is 5.75 Å². The lowest BCUT2D eigenvalue weighted by molar-refractivity contribution is -0.117. The van der Waals surface area contributed by atoms with E-state index < -0.39 is 5.91 Å². The van der Waals surface area contributed by atoms with Crippen molar-refractivity contribution < 1.29 is 14.3 Å². The predicted molar refractivity (Wildman–Crippen MR) is 125 cm³/mol. The fourth-order valence-corrected chi connectivity index (χ4v) is 3.42. The first-order chi connectivity index (χ1) is 15.0. The molecule has 0 spiro atoms. The van der Waals surface area contributed by atoms with Gasteiger partial charge in [0.2, 0.25) is 0 Å². The Balaban J connectivity index is 1.84. The van der Waals surface area contributed by atoms with Gasteiger partial charge in [-0.15, -0.1) is 0 Å². The number of ether oxygens (including phenoxy) is 1. The number of hydrogen-bond donors (Lipinski definition) is 3. The highest BCUT2D eigenvalue weighted by Gasteiger charge is 2.15. The number of hydrogen-bond acceptors (Lipinski definition) is 4. The van der Waals surface area contributed by atoms with E-state index in [2.05, 4.69) is 26.6 Å². The van der Waals surface area contributed by atoms with Gasteiger partial charge in [0.25, 0.3) is 11.8 Å². The number of benzene rings is 3. The lowest BCUT2D eigenvalue weighted by atomic mass is 10.1. The number of anilines is 1. The highest BCUT2D eigenvalue weighted by molar-refractivity contribution is 9.10. The van der Waals surface area contributed by atoms with Crippen LogP contribution in [0.1, 0.15) is 21.5 Å². The number of halogens is 1. The summed E-state index contributed by atoms with van der Waals surface area (Å²) >= 11 is 3.44. The topological polar surface area (TPSA) is 93.4 Å². The molecule has 3 rings (SSSR count). The molecule has 0 radical (unpaired) electrons. The van der Waals surface area contributed by atoms with Crippen LogP contribution < -0.4 is 21.1 Å². The summed E-state index contributed by atoms with van der Waals surface area (Å²) in [5.74, 6) is -0.129. The van der Waals surface area contributed by atoms with Crippen molar-refractivity contribution in [2.45, 2.75) is 6.54 Å². The van der Waals surface area contributed by atoms with Crippen LogP contribution in [0.5, 0.6) is 5.75 Å². The van der Waals surface area contributed by atoms with Crippen LogP contribution in [0.25, 0.3) is 6.08 Å². The van der Waals surface area contributed by atoms with Crippen LogP contribution in [0.2, 0.25) is 0 Å². The van der Waals surface area contributed by atoms with Crippen LogP contribution in [0, 0.1) is 0 Å². The average Bonchev–Trinajstić information content (AvgIpc) is 2.77. The highest BCUT2D eigenvalue weighted by Crippen LogP contribution is 2.26. The van der Waals surface area contributed by atoms with Gasteiger partial charge in [-0.05, 0) is 69.5 Å². The lowest BCUT2D eigenvalue weighted by Gasteiger charge is -2.12. The van der Waals surface area contributed by atoms with Gasteiger partial charge in [0.05, 0.1) is 11.6 Å². The molecule has 0 aromatic heterocycles. The number of nitrogens with two attached hydrogens (primary N) is 1. The fraction of sp³-hybridized carbons (Fsp3) is 0.0833. The number of methoxy groups -OCH3 is 1. The van der Waals surface area contributed by atoms with E-state index in [1.54, 1.807) is 67.8 Å². The largest absolute Gasteiger partial charge is 0.496 e. The zero-order valence-corrected chi connectivity index (χ0v) is 18.5. The van der Waals surface area contributed by atoms with Crippen LogP contribution in [-0.4, -0.2) is 18.9 Å². The number of nitrogens with one attached hydrogen (secondary N) is 2. The molecule has 0 unspecified atom stereocenters. The van der Waals surface area contributed by atoms with E-state index in [0.29, 0.717) is 17.0 Å². The number of nitrogen functional groups attached to an aromatic ring is 1. The first kappa shape index (κ1) is 22.1. The first-order valence-electron chi connectivity index (χ1n) is 9.50. The number of rotatable bonds is 7. The van der Waals surface area contributed by atoms with Gasteiger partial charge in [0.1, 0.15) is 11.4 Å². The van der Waals surface area contributed by atoms with Crippen LogP contribution in [-0.2, 0) is 11.3 Å². The van der Waals surface area contributed by atoms with Crippen molar-refractivity contribution in [1.82, 2.24) is 10.6 Å². The molecule has 3 aromatic rings. The van der Waals surface area contributed by atoms with Crippen molar-refractivity contribution in [1.29, 1.82) is 0 Å². The molecule has 0 saturated heterocycles. The summed E-state index contributed by atoms with van der Waals surface area (Å²) in [6.07, 6.45) is 1.61. The lowest BCUT2D eigenvalue weighted by Crippen LogP contribution is -2.34. The van der Waals surface area contributed by atoms with E-state index >= 15 is 0 Å². The van der Waals surface area contributed by atoms with Gasteiger partial charge in [-0.3, -0.25) is 9.59 Å². The second-order valence-electron chi connectivity index (χ2n) is 6.70. The van der Waals surface area contributed by atoms with Gasteiger partial charge in [-0.1, -0.05) is 36.4 Å². The molecule has 0 aliphatic heterocycles. The maximum absolute atomic E-state index is 12.9. The Labute approximate surface area is 189 Å². The molecule has 0 bridgehead atoms. The van der Waals surface area contributed by atoms with Crippen molar-refractivity contribution in [3.05, 3.63) is 99.7 Å². The van der Waals surface area contributed by atoms with E-state index in [9.17, 15) is 9.59 Å². The van der Waals surface area contributed by atoms with Crippen LogP contribution in [0.15, 0.2) is 83.0 Å². The Morgan fingerprint density at radius 2 is 1.81 bits per heavy atom. The van der Waals surface area contributed by atoms with Gasteiger partial charge in [0.15, 0.2) is 0 Å². The van der Waals surface area contributed by atoms with Gasteiger partial charge in [-0.2, -0.15) is 0 Å². The molecule has 158 valence electrons. The Bertz CT molecular complexity index is 1110. The van der Waals surface area contributed by atoms with Crippen LogP contribution in [0.3, 0.4) is 0 Å². The first-order valence-corrected chi connectivity index (χ1v) is 10.3. The summed E-state index contributed by atoms with van der Waals surface area (Å²) in [6, 6.07) is 21.3. The quantitative estimate of drug-likeness (QED) is 0.350. The Morgan fingerprint density at radius 3 is 2.48 bits per heavy atom. The monoisotopic (exact) mass is 479 g/mol. The molecular formula is C24H22BrN3O3. The molecule has 7 heteroatoms. The number of carbonyl (C=O) groups excluding carboxylic acids is 2. The van der Waals surface area contributed by atoms with E-state index in [0.717, 1.165) is 15.6 Å². The zero-order valence-electron chi connectivity index (χ0n) is 16.9. The average molecular weight is 480 g/mol. The molecule has 2 amide bonds. The molecule has 0 fully saturated rings. The van der Waals surface area contributed by atoms with Crippen LogP contribution in [0.4, 0.5) is 5.69 Å². The SMILES string of the molecule is COc1ccc(C=C(NC(=O)c2ccccc2)C(=O)NCc2cccc(N)c2)cc1Br. The number of amides is 2. The molecule has 6 nitrogen and oxygen atoms in total. The third-order valence-corrected chi connectivity index (χ3v) is 5.04. The minimum atomic E-state index is -0.418. The van der Waals surface area contributed by atoms with Crippen molar-refractivity contribution >= 4 is 39.5 Å². The second-order valence-corrected chi connectivity index (χ2v) is 7.55. The smallest absolute Gasteiger partial charge is 0.268 e. The molecule has 0 aliphatic rings. The molecule has 31 heavy (non-hydrogen) atoms. The number of carbonyl (C=O) groups is 2. The van der Waals surface area contributed by atoms with Crippen molar-refractivity contribution in [2.75, 3.05) is 12.8 Å². The van der Waals surface area contributed by atoms with E-state index in [4.69, 9.17) is 10.5 Å². The minimum Gasteiger partial charge on any atom is -0.496 e. The van der Waals surface area contributed by atoms with Gasteiger partial charge in [0, 0.05) is 17.8 Å². The zero-order chi connectivity index (χ0) is 22.2. The summed E-state index contributed by atoms with van der Waals surface area (Å²) in [7, 11) is 1.57. The summed E-state index contributed by atoms with van der Waals surface area (Å²) in [5, 5.41) is 5.54. The Morgan fingerprint density at radius 1 is 1.03 bits per heavy atom. The van der Waals surface area contributed by atoms with Crippen molar-refractivity contribution in [2.24, 2.45) is 0 Å². The fourth-order valence-electron chi connectivity index (χ4n) is 2.86. The molecule has 4 N–H and O–H groups in total. The van der Waals surface area contributed by atoms with E-state index in [1.807, 2.05) is 18.2 Å².